The van der Waals surface area contributed by atoms with Gasteiger partial charge in [-0.05, 0) is 23.8 Å². The van der Waals surface area contributed by atoms with Gasteiger partial charge in [0.2, 0.25) is 0 Å². The average Bonchev–Trinajstić information content (AvgIpc) is 2.45. The van der Waals surface area contributed by atoms with Gasteiger partial charge in [0.1, 0.15) is 11.4 Å². The summed E-state index contributed by atoms with van der Waals surface area (Å²) in [6.07, 6.45) is -9.94. The molecule has 8 heteroatoms. The fourth-order valence-electron chi connectivity index (χ4n) is 2.08. The van der Waals surface area contributed by atoms with Crippen LogP contribution in [0.15, 0.2) is 36.4 Å². The minimum Gasteiger partial charge on any atom is -0.377 e. The van der Waals surface area contributed by atoms with Crippen molar-refractivity contribution in [2.45, 2.75) is 12.4 Å². The summed E-state index contributed by atoms with van der Waals surface area (Å²) >= 11 is 0. The number of hydrogen-bond acceptors (Lipinski definition) is 2. The summed E-state index contributed by atoms with van der Waals surface area (Å²) in [7, 11) is 3.30. The largest absolute Gasteiger partial charge is 0.433 e. The molecule has 2 nitrogen and oxygen atoms in total. The van der Waals surface area contributed by atoms with Crippen LogP contribution in [0.5, 0.6) is 0 Å². The first-order valence-electron chi connectivity index (χ1n) is 6.43. The van der Waals surface area contributed by atoms with Crippen LogP contribution in [0.1, 0.15) is 11.4 Å². The highest BCUT2D eigenvalue weighted by atomic mass is 19.4. The first kappa shape index (κ1) is 17.1. The summed E-state index contributed by atoms with van der Waals surface area (Å²) in [5.74, 6) is 0. The number of alkyl halides is 6. The fourth-order valence-corrected chi connectivity index (χ4v) is 2.08. The van der Waals surface area contributed by atoms with Crippen LogP contribution in [0, 0.1) is 0 Å². The molecule has 0 aliphatic carbocycles. The Kier molecular flexibility index (Phi) is 4.28. The summed E-state index contributed by atoms with van der Waals surface area (Å²) in [6.45, 7) is 0. The lowest BCUT2D eigenvalue weighted by atomic mass is 10.0. The highest BCUT2D eigenvalue weighted by molar-refractivity contribution is 5.78. The molecule has 0 N–H and O–H groups in total. The van der Waals surface area contributed by atoms with Gasteiger partial charge in [0.15, 0.2) is 0 Å². The monoisotopic (exact) mass is 334 g/mol. The van der Waals surface area contributed by atoms with Crippen LogP contribution < -0.4 is 4.90 Å². The highest BCUT2D eigenvalue weighted by Crippen LogP contribution is 2.38. The van der Waals surface area contributed by atoms with Crippen LogP contribution in [0.25, 0.3) is 11.1 Å². The molecule has 2 aromatic rings. The van der Waals surface area contributed by atoms with Gasteiger partial charge in [-0.3, -0.25) is 0 Å². The van der Waals surface area contributed by atoms with Gasteiger partial charge in [-0.15, -0.1) is 0 Å². The summed E-state index contributed by atoms with van der Waals surface area (Å²) in [4.78, 5) is 4.32. The lowest BCUT2D eigenvalue weighted by Gasteiger charge is -2.19. The van der Waals surface area contributed by atoms with Crippen LogP contribution >= 0.6 is 0 Å². The SMILES string of the molecule is CN(C)c1ccccc1-c1cc(C(F)(F)F)nc(C(F)(F)F)c1. The number of benzene rings is 1. The lowest BCUT2D eigenvalue weighted by molar-refractivity contribution is -0.150. The third kappa shape index (κ3) is 3.75. The zero-order valence-electron chi connectivity index (χ0n) is 12.1. The van der Waals surface area contributed by atoms with E-state index in [4.69, 9.17) is 0 Å². The molecular weight excluding hydrogens is 322 g/mol. The molecule has 1 aromatic heterocycles. The third-order valence-electron chi connectivity index (χ3n) is 3.10. The van der Waals surface area contributed by atoms with Crippen molar-refractivity contribution in [3.63, 3.8) is 0 Å². The average molecular weight is 334 g/mol. The molecule has 0 bridgehead atoms. The van der Waals surface area contributed by atoms with E-state index in [1.54, 1.807) is 37.2 Å². The van der Waals surface area contributed by atoms with Crippen molar-refractivity contribution in [3.8, 4) is 11.1 Å². The normalized spacial score (nSPS) is 12.3. The summed E-state index contributed by atoms with van der Waals surface area (Å²) < 4.78 is 77.2. The van der Waals surface area contributed by atoms with Crippen LogP contribution in [-0.2, 0) is 12.4 Å². The van der Waals surface area contributed by atoms with E-state index in [0.717, 1.165) is 0 Å². The zero-order valence-corrected chi connectivity index (χ0v) is 12.1. The molecule has 0 saturated heterocycles. The second-order valence-corrected chi connectivity index (χ2v) is 5.03. The molecule has 124 valence electrons. The van der Waals surface area contributed by atoms with E-state index < -0.39 is 23.7 Å². The maximum atomic E-state index is 12.9. The number of aromatic nitrogens is 1. The Morgan fingerprint density at radius 2 is 1.30 bits per heavy atom. The number of anilines is 1. The van der Waals surface area contributed by atoms with Crippen molar-refractivity contribution in [2.24, 2.45) is 0 Å². The Hall–Kier alpha value is -2.25. The molecule has 0 aliphatic rings. The Balaban J connectivity index is 2.73. The van der Waals surface area contributed by atoms with E-state index in [1.165, 1.54) is 6.07 Å². The molecule has 0 amide bonds. The van der Waals surface area contributed by atoms with Crippen LogP contribution in [-0.4, -0.2) is 19.1 Å². The molecule has 0 unspecified atom stereocenters. The number of pyridine rings is 1. The number of nitrogens with zero attached hydrogens (tertiary/aromatic N) is 2. The number of rotatable bonds is 2. The molecule has 0 atom stereocenters. The summed E-state index contributed by atoms with van der Waals surface area (Å²) in [6, 6.07) is 7.51. The van der Waals surface area contributed by atoms with Gasteiger partial charge in [-0.2, -0.15) is 26.3 Å². The Morgan fingerprint density at radius 1 is 0.826 bits per heavy atom. The maximum Gasteiger partial charge on any atom is 0.433 e. The van der Waals surface area contributed by atoms with E-state index in [-0.39, 0.29) is 11.1 Å². The topological polar surface area (TPSA) is 16.1 Å². The van der Waals surface area contributed by atoms with Crippen LogP contribution in [0.2, 0.25) is 0 Å². The summed E-state index contributed by atoms with van der Waals surface area (Å²) in [5, 5.41) is 0. The van der Waals surface area contributed by atoms with Crippen LogP contribution in [0.3, 0.4) is 0 Å². The smallest absolute Gasteiger partial charge is 0.377 e. The van der Waals surface area contributed by atoms with Crippen molar-refractivity contribution in [1.29, 1.82) is 0 Å². The first-order chi connectivity index (χ1) is 10.5. The lowest BCUT2D eigenvalue weighted by Crippen LogP contribution is -2.15. The predicted octanol–water partition coefficient (Wildman–Crippen LogP) is 4.85. The summed E-state index contributed by atoms with van der Waals surface area (Å²) in [5.41, 5.74) is -2.58. The molecule has 0 aliphatic heterocycles. The molecule has 23 heavy (non-hydrogen) atoms. The molecule has 0 saturated carbocycles. The van der Waals surface area contributed by atoms with Crippen molar-refractivity contribution >= 4 is 5.69 Å². The molecular formula is C15H12F6N2. The quantitative estimate of drug-likeness (QED) is 0.730. The van der Waals surface area contributed by atoms with E-state index in [0.29, 0.717) is 17.8 Å². The number of halogens is 6. The Morgan fingerprint density at radius 3 is 1.74 bits per heavy atom. The molecule has 0 fully saturated rings. The van der Waals surface area contributed by atoms with Gasteiger partial charge in [0.25, 0.3) is 0 Å². The standard InChI is InChI=1S/C15H12F6N2/c1-23(2)11-6-4-3-5-10(11)9-7-12(14(16,17)18)22-13(8-9)15(19,20)21/h3-8H,1-2H3. The van der Waals surface area contributed by atoms with Gasteiger partial charge < -0.3 is 4.90 Å². The van der Waals surface area contributed by atoms with Gasteiger partial charge in [-0.1, -0.05) is 18.2 Å². The van der Waals surface area contributed by atoms with Crippen LogP contribution in [0.4, 0.5) is 32.0 Å². The molecule has 0 spiro atoms. The minimum atomic E-state index is -4.97. The predicted molar refractivity (Wildman–Crippen MR) is 74.0 cm³/mol. The first-order valence-corrected chi connectivity index (χ1v) is 6.43. The highest BCUT2D eigenvalue weighted by Gasteiger charge is 2.39. The second kappa shape index (κ2) is 5.75. The third-order valence-corrected chi connectivity index (χ3v) is 3.10. The molecule has 2 rings (SSSR count). The van der Waals surface area contributed by atoms with Crippen molar-refractivity contribution in [3.05, 3.63) is 47.8 Å². The number of hydrogen-bond donors (Lipinski definition) is 0. The van der Waals surface area contributed by atoms with Gasteiger partial charge in [0, 0.05) is 25.3 Å². The van der Waals surface area contributed by atoms with Crippen molar-refractivity contribution < 1.29 is 26.3 Å². The van der Waals surface area contributed by atoms with Crippen molar-refractivity contribution in [2.75, 3.05) is 19.0 Å². The Labute approximate surface area is 128 Å². The van der Waals surface area contributed by atoms with E-state index in [1.807, 2.05) is 0 Å². The maximum absolute atomic E-state index is 12.9. The van der Waals surface area contributed by atoms with Gasteiger partial charge >= 0.3 is 12.4 Å². The fraction of sp³-hybridized carbons (Fsp3) is 0.267. The van der Waals surface area contributed by atoms with E-state index >= 15 is 0 Å². The number of para-hydroxylation sites is 1. The van der Waals surface area contributed by atoms with E-state index in [2.05, 4.69) is 4.98 Å². The van der Waals surface area contributed by atoms with Gasteiger partial charge in [-0.25, -0.2) is 4.98 Å². The molecule has 1 aromatic carbocycles. The zero-order chi connectivity index (χ0) is 17.4. The van der Waals surface area contributed by atoms with Gasteiger partial charge in [0.05, 0.1) is 0 Å². The Bertz CT molecular complexity index is 672. The van der Waals surface area contributed by atoms with E-state index in [9.17, 15) is 26.3 Å². The molecule has 1 heterocycles. The van der Waals surface area contributed by atoms with Crippen molar-refractivity contribution in [1.82, 2.24) is 4.98 Å². The second-order valence-electron chi connectivity index (χ2n) is 5.03. The minimum absolute atomic E-state index is 0.191. The molecule has 0 radical (unpaired) electrons.